The minimum atomic E-state index is -0.672. The van der Waals surface area contributed by atoms with Crippen LogP contribution in [-0.2, 0) is 16.0 Å². The van der Waals surface area contributed by atoms with Gasteiger partial charge in [0.25, 0.3) is 5.91 Å². The number of fused-ring (bicyclic) bond motifs is 1. The molecular weight excluding hydrogens is 384 g/mol. The Kier molecular flexibility index (Phi) is 5.79. The molecule has 0 N–H and O–H groups in total. The van der Waals surface area contributed by atoms with Crippen LogP contribution in [0.1, 0.15) is 38.7 Å². The molecule has 7 nitrogen and oxygen atoms in total. The molecule has 1 unspecified atom stereocenters. The number of nitrogens with zero attached hydrogens (tertiary/aromatic N) is 2. The van der Waals surface area contributed by atoms with E-state index in [1.807, 2.05) is 17.9 Å². The molecule has 2 fully saturated rings. The van der Waals surface area contributed by atoms with Crippen molar-refractivity contribution in [1.82, 2.24) is 9.80 Å². The molecule has 1 saturated heterocycles. The maximum atomic E-state index is 12.9. The first-order valence-electron chi connectivity index (χ1n) is 10.8. The summed E-state index contributed by atoms with van der Waals surface area (Å²) < 4.78 is 11.2. The van der Waals surface area contributed by atoms with E-state index in [9.17, 15) is 14.4 Å². The predicted octanol–water partition coefficient (Wildman–Crippen LogP) is 2.59. The highest BCUT2D eigenvalue weighted by Crippen LogP contribution is 2.31. The molecule has 1 saturated carbocycles. The molecule has 30 heavy (non-hydrogen) atoms. The van der Waals surface area contributed by atoms with Crippen molar-refractivity contribution in [3.8, 4) is 5.75 Å². The van der Waals surface area contributed by atoms with Crippen molar-refractivity contribution >= 4 is 22.8 Å². The fourth-order valence-electron chi connectivity index (χ4n) is 4.03. The van der Waals surface area contributed by atoms with Gasteiger partial charge in [-0.25, -0.2) is 4.79 Å². The molecule has 2 aromatic rings. The zero-order valence-corrected chi connectivity index (χ0v) is 17.6. The van der Waals surface area contributed by atoms with E-state index in [1.165, 1.54) is 6.07 Å². The largest absolute Gasteiger partial charge is 0.481 e. The Morgan fingerprint density at radius 1 is 1.13 bits per heavy atom. The van der Waals surface area contributed by atoms with E-state index in [-0.39, 0.29) is 17.7 Å². The molecule has 1 atom stereocenters. The van der Waals surface area contributed by atoms with E-state index in [4.69, 9.17) is 9.15 Å². The lowest BCUT2D eigenvalue weighted by atomic mass is 10.1. The van der Waals surface area contributed by atoms with Crippen molar-refractivity contribution in [1.29, 1.82) is 0 Å². The van der Waals surface area contributed by atoms with Crippen LogP contribution in [0.2, 0.25) is 0 Å². The van der Waals surface area contributed by atoms with Gasteiger partial charge in [-0.05, 0) is 50.3 Å². The number of aryl methyl sites for hydroxylation is 1. The summed E-state index contributed by atoms with van der Waals surface area (Å²) in [5.74, 6) is 0.827. The maximum Gasteiger partial charge on any atom is 0.336 e. The van der Waals surface area contributed by atoms with Gasteiger partial charge in [0.1, 0.15) is 11.3 Å². The molecule has 1 aliphatic carbocycles. The van der Waals surface area contributed by atoms with Gasteiger partial charge in [0.05, 0.1) is 0 Å². The molecule has 1 aromatic carbocycles. The lowest BCUT2D eigenvalue weighted by Crippen LogP contribution is -2.43. The van der Waals surface area contributed by atoms with Gasteiger partial charge >= 0.3 is 5.63 Å². The van der Waals surface area contributed by atoms with Crippen LogP contribution >= 0.6 is 0 Å². The summed E-state index contributed by atoms with van der Waals surface area (Å²) in [6, 6.07) is 6.82. The zero-order chi connectivity index (χ0) is 21.3. The number of hydrogen-bond acceptors (Lipinski definition) is 5. The third-order valence-electron chi connectivity index (χ3n) is 5.89. The number of carbonyl (C=O) groups excluding carboxylic acids is 2. The smallest absolute Gasteiger partial charge is 0.336 e. The normalized spacial score (nSPS) is 18.2. The van der Waals surface area contributed by atoms with Gasteiger partial charge in [-0.15, -0.1) is 0 Å². The molecule has 2 heterocycles. The second-order valence-electron chi connectivity index (χ2n) is 8.14. The van der Waals surface area contributed by atoms with E-state index in [1.54, 1.807) is 24.0 Å². The monoisotopic (exact) mass is 412 g/mol. The minimum absolute atomic E-state index is 0.0976. The average Bonchev–Trinajstić information content (AvgIpc) is 3.58. The van der Waals surface area contributed by atoms with Crippen molar-refractivity contribution in [3.63, 3.8) is 0 Å². The van der Waals surface area contributed by atoms with Crippen molar-refractivity contribution in [2.45, 2.75) is 45.6 Å². The van der Waals surface area contributed by atoms with Crippen molar-refractivity contribution in [2.75, 3.05) is 26.2 Å². The van der Waals surface area contributed by atoms with Crippen LogP contribution in [0.15, 0.2) is 33.5 Å². The Morgan fingerprint density at radius 2 is 1.87 bits per heavy atom. The summed E-state index contributed by atoms with van der Waals surface area (Å²) >= 11 is 0. The fourth-order valence-corrected chi connectivity index (χ4v) is 4.03. The average molecular weight is 412 g/mol. The Hall–Kier alpha value is -2.83. The summed E-state index contributed by atoms with van der Waals surface area (Å²) in [5, 5.41) is 0.872. The van der Waals surface area contributed by atoms with Crippen LogP contribution in [-0.4, -0.2) is 53.9 Å². The van der Waals surface area contributed by atoms with Crippen molar-refractivity contribution in [3.05, 3.63) is 40.2 Å². The van der Waals surface area contributed by atoms with Gasteiger partial charge in [0.2, 0.25) is 5.91 Å². The number of amides is 2. The topological polar surface area (TPSA) is 80.1 Å². The molecule has 1 aromatic heterocycles. The van der Waals surface area contributed by atoms with Gasteiger partial charge in [-0.1, -0.05) is 6.92 Å². The molecule has 160 valence electrons. The zero-order valence-electron chi connectivity index (χ0n) is 17.6. The molecule has 0 spiro atoms. The summed E-state index contributed by atoms with van der Waals surface area (Å²) in [4.78, 5) is 40.7. The first-order valence-corrected chi connectivity index (χ1v) is 10.8. The molecule has 7 heteroatoms. The highest BCUT2D eigenvalue weighted by molar-refractivity contribution is 5.83. The van der Waals surface area contributed by atoms with Gasteiger partial charge in [0, 0.05) is 49.6 Å². The van der Waals surface area contributed by atoms with E-state index in [0.717, 1.165) is 36.6 Å². The van der Waals surface area contributed by atoms with Crippen LogP contribution in [0.4, 0.5) is 0 Å². The lowest BCUT2D eigenvalue weighted by molar-refractivity contribution is -0.138. The molecular formula is C23H28N2O5. The van der Waals surface area contributed by atoms with E-state index >= 15 is 0 Å². The third kappa shape index (κ3) is 4.35. The predicted molar refractivity (Wildman–Crippen MR) is 112 cm³/mol. The Labute approximate surface area is 175 Å². The Balaban J connectivity index is 1.41. The first kappa shape index (κ1) is 20.4. The SMILES string of the molecule is CCc1cc(=O)oc2cc(OC(C)C(=O)N3CCCN(C(=O)C4CC4)CC3)ccc12. The van der Waals surface area contributed by atoms with E-state index < -0.39 is 11.7 Å². The number of benzene rings is 1. The van der Waals surface area contributed by atoms with Crippen LogP contribution in [0, 0.1) is 5.92 Å². The van der Waals surface area contributed by atoms with E-state index in [0.29, 0.717) is 37.5 Å². The van der Waals surface area contributed by atoms with Crippen LogP contribution in [0.25, 0.3) is 11.0 Å². The van der Waals surface area contributed by atoms with Gasteiger partial charge < -0.3 is 19.0 Å². The second-order valence-corrected chi connectivity index (χ2v) is 8.14. The summed E-state index contributed by atoms with van der Waals surface area (Å²) in [6.45, 7) is 6.14. The van der Waals surface area contributed by atoms with E-state index in [2.05, 4.69) is 0 Å². The fraction of sp³-hybridized carbons (Fsp3) is 0.522. The molecule has 2 amide bonds. The lowest BCUT2D eigenvalue weighted by Gasteiger charge is -2.25. The van der Waals surface area contributed by atoms with Gasteiger partial charge in [-0.3, -0.25) is 9.59 Å². The van der Waals surface area contributed by atoms with Crippen LogP contribution in [0.3, 0.4) is 0 Å². The van der Waals surface area contributed by atoms with Crippen molar-refractivity contribution in [2.24, 2.45) is 5.92 Å². The molecule has 1 aliphatic heterocycles. The Morgan fingerprint density at radius 3 is 2.60 bits per heavy atom. The highest BCUT2D eigenvalue weighted by atomic mass is 16.5. The molecule has 2 aliphatic rings. The van der Waals surface area contributed by atoms with Gasteiger partial charge in [-0.2, -0.15) is 0 Å². The van der Waals surface area contributed by atoms with Crippen LogP contribution < -0.4 is 10.4 Å². The second kappa shape index (κ2) is 8.50. The summed E-state index contributed by atoms with van der Waals surface area (Å²) in [5.41, 5.74) is 0.989. The summed E-state index contributed by atoms with van der Waals surface area (Å²) in [6.07, 6.45) is 2.82. The number of ether oxygens (including phenoxy) is 1. The Bertz CT molecular complexity index is 1010. The third-order valence-corrected chi connectivity index (χ3v) is 5.89. The quantitative estimate of drug-likeness (QED) is 0.706. The number of carbonyl (C=O) groups is 2. The molecule has 0 radical (unpaired) electrons. The van der Waals surface area contributed by atoms with Gasteiger partial charge in [0.15, 0.2) is 6.10 Å². The highest BCUT2D eigenvalue weighted by Gasteiger charge is 2.34. The minimum Gasteiger partial charge on any atom is -0.481 e. The molecule has 4 rings (SSSR count). The number of rotatable bonds is 5. The number of hydrogen-bond donors (Lipinski definition) is 0. The maximum absolute atomic E-state index is 12.9. The first-order chi connectivity index (χ1) is 14.5. The van der Waals surface area contributed by atoms with Crippen LogP contribution in [0.5, 0.6) is 5.75 Å². The standard InChI is InChI=1S/C23H28N2O5/c1-3-16-13-21(26)30-20-14-18(7-8-19(16)20)29-15(2)22(27)24-9-4-10-25(12-11-24)23(28)17-5-6-17/h7-8,13-15,17H,3-6,9-12H2,1-2H3. The molecule has 0 bridgehead atoms. The van der Waals surface area contributed by atoms with Crippen molar-refractivity contribution < 1.29 is 18.7 Å². The summed E-state index contributed by atoms with van der Waals surface area (Å²) in [7, 11) is 0.